The molecule has 0 spiro atoms. The van der Waals surface area contributed by atoms with E-state index in [4.69, 9.17) is 0 Å². The Morgan fingerprint density at radius 2 is 1.75 bits per heavy atom. The van der Waals surface area contributed by atoms with E-state index in [1.165, 1.54) is 38.9 Å². The number of rotatable bonds is 4. The zero-order valence-electron chi connectivity index (χ0n) is 14.4. The van der Waals surface area contributed by atoms with Gasteiger partial charge in [-0.05, 0) is 47.7 Å². The highest BCUT2D eigenvalue weighted by molar-refractivity contribution is 5.87. The molecule has 1 aliphatic heterocycles. The first-order valence-electron chi connectivity index (χ1n) is 8.64. The third-order valence-corrected chi connectivity index (χ3v) is 5.34. The van der Waals surface area contributed by atoms with Gasteiger partial charge < -0.3 is 9.67 Å². The van der Waals surface area contributed by atoms with E-state index in [-0.39, 0.29) is 6.61 Å². The molecule has 0 aliphatic carbocycles. The SMILES string of the molecule is Cc1c(CCO)c2cc3c(cc2n1C)CN(Cc1ccccc1)C3. The fourth-order valence-corrected chi connectivity index (χ4v) is 3.99. The van der Waals surface area contributed by atoms with E-state index in [0.717, 1.165) is 26.1 Å². The van der Waals surface area contributed by atoms with Crippen LogP contribution < -0.4 is 0 Å². The summed E-state index contributed by atoms with van der Waals surface area (Å²) in [5, 5.41) is 10.7. The Hall–Kier alpha value is -2.10. The van der Waals surface area contributed by atoms with Crippen LogP contribution in [0.3, 0.4) is 0 Å². The fourth-order valence-electron chi connectivity index (χ4n) is 3.99. The third kappa shape index (κ3) is 2.54. The Bertz CT molecular complexity index is 880. The Morgan fingerprint density at radius 1 is 1.04 bits per heavy atom. The van der Waals surface area contributed by atoms with Gasteiger partial charge in [0.15, 0.2) is 0 Å². The second kappa shape index (κ2) is 6.08. The molecule has 3 aromatic rings. The molecular formula is C21H24N2O. The topological polar surface area (TPSA) is 28.4 Å². The standard InChI is InChI=1S/C21H24N2O/c1-15-19(8-9-24)20-10-17-13-23(12-16-6-4-3-5-7-16)14-18(17)11-21(20)22(15)2/h3-7,10-11,24H,8-9,12-14H2,1-2H3. The first kappa shape index (κ1) is 15.4. The smallest absolute Gasteiger partial charge is 0.0486 e. The number of aliphatic hydroxyl groups excluding tert-OH is 1. The highest BCUT2D eigenvalue weighted by atomic mass is 16.2. The zero-order chi connectivity index (χ0) is 16.7. The van der Waals surface area contributed by atoms with E-state index in [1.54, 1.807) is 0 Å². The molecule has 2 heterocycles. The third-order valence-electron chi connectivity index (χ3n) is 5.34. The number of hydrogen-bond donors (Lipinski definition) is 1. The molecule has 1 N–H and O–H groups in total. The quantitative estimate of drug-likeness (QED) is 0.796. The van der Waals surface area contributed by atoms with E-state index < -0.39 is 0 Å². The summed E-state index contributed by atoms with van der Waals surface area (Å²) < 4.78 is 2.26. The van der Waals surface area contributed by atoms with Crippen molar-refractivity contribution in [2.24, 2.45) is 7.05 Å². The van der Waals surface area contributed by atoms with Crippen molar-refractivity contribution in [1.29, 1.82) is 0 Å². The lowest BCUT2D eigenvalue weighted by atomic mass is 10.0. The van der Waals surface area contributed by atoms with Gasteiger partial charge in [0.05, 0.1) is 0 Å². The molecular weight excluding hydrogens is 296 g/mol. The van der Waals surface area contributed by atoms with Gasteiger partial charge in [0.25, 0.3) is 0 Å². The monoisotopic (exact) mass is 320 g/mol. The van der Waals surface area contributed by atoms with Crippen molar-refractivity contribution in [1.82, 2.24) is 9.47 Å². The second-order valence-corrected chi connectivity index (χ2v) is 6.87. The average molecular weight is 320 g/mol. The molecule has 3 nitrogen and oxygen atoms in total. The minimum Gasteiger partial charge on any atom is -0.396 e. The van der Waals surface area contributed by atoms with Crippen molar-refractivity contribution in [3.63, 3.8) is 0 Å². The van der Waals surface area contributed by atoms with Crippen LogP contribution in [0, 0.1) is 6.92 Å². The van der Waals surface area contributed by atoms with Gasteiger partial charge in [-0.15, -0.1) is 0 Å². The average Bonchev–Trinajstić information content (AvgIpc) is 3.08. The summed E-state index contributed by atoms with van der Waals surface area (Å²) in [6.07, 6.45) is 0.732. The summed E-state index contributed by atoms with van der Waals surface area (Å²) in [7, 11) is 2.13. The van der Waals surface area contributed by atoms with Gasteiger partial charge in [0, 0.05) is 49.9 Å². The minimum absolute atomic E-state index is 0.206. The van der Waals surface area contributed by atoms with E-state index in [0.29, 0.717) is 0 Å². The van der Waals surface area contributed by atoms with Crippen LogP contribution in [-0.4, -0.2) is 21.2 Å². The fraction of sp³-hybridized carbons (Fsp3) is 0.333. The molecule has 1 aromatic heterocycles. The predicted molar refractivity (Wildman–Crippen MR) is 97.8 cm³/mol. The number of hydrogen-bond acceptors (Lipinski definition) is 2. The van der Waals surface area contributed by atoms with Crippen LogP contribution >= 0.6 is 0 Å². The number of aryl methyl sites for hydroxylation is 1. The summed E-state index contributed by atoms with van der Waals surface area (Å²) in [6.45, 7) is 5.37. The largest absolute Gasteiger partial charge is 0.396 e. The van der Waals surface area contributed by atoms with Gasteiger partial charge in [-0.2, -0.15) is 0 Å². The van der Waals surface area contributed by atoms with E-state index >= 15 is 0 Å². The molecule has 0 amide bonds. The maximum atomic E-state index is 9.39. The molecule has 0 fully saturated rings. The Balaban J connectivity index is 1.67. The van der Waals surface area contributed by atoms with Gasteiger partial charge in [0.2, 0.25) is 0 Å². The van der Waals surface area contributed by atoms with Crippen LogP contribution in [0.5, 0.6) is 0 Å². The minimum atomic E-state index is 0.206. The van der Waals surface area contributed by atoms with Gasteiger partial charge in [-0.1, -0.05) is 30.3 Å². The summed E-state index contributed by atoms with van der Waals surface area (Å²) in [5.74, 6) is 0. The maximum Gasteiger partial charge on any atom is 0.0486 e. The molecule has 0 atom stereocenters. The molecule has 0 bridgehead atoms. The Morgan fingerprint density at radius 3 is 2.46 bits per heavy atom. The molecule has 24 heavy (non-hydrogen) atoms. The van der Waals surface area contributed by atoms with Crippen molar-refractivity contribution >= 4 is 10.9 Å². The van der Waals surface area contributed by atoms with Crippen molar-refractivity contribution in [2.45, 2.75) is 33.0 Å². The van der Waals surface area contributed by atoms with Crippen LogP contribution in [0.25, 0.3) is 10.9 Å². The molecule has 0 saturated heterocycles. The molecule has 0 radical (unpaired) electrons. The van der Waals surface area contributed by atoms with Crippen LogP contribution in [0.2, 0.25) is 0 Å². The van der Waals surface area contributed by atoms with Crippen LogP contribution in [0.15, 0.2) is 42.5 Å². The lowest BCUT2D eigenvalue weighted by Gasteiger charge is -2.14. The van der Waals surface area contributed by atoms with Crippen molar-refractivity contribution < 1.29 is 5.11 Å². The molecule has 1 aliphatic rings. The molecule has 0 saturated carbocycles. The summed E-state index contributed by atoms with van der Waals surface area (Å²) in [5.41, 5.74) is 8.09. The lowest BCUT2D eigenvalue weighted by Crippen LogP contribution is -2.15. The van der Waals surface area contributed by atoms with Crippen LogP contribution in [-0.2, 0) is 33.1 Å². The predicted octanol–water partition coefficient (Wildman–Crippen LogP) is 3.54. The summed E-state index contributed by atoms with van der Waals surface area (Å²) in [6, 6.07) is 15.4. The van der Waals surface area contributed by atoms with Crippen molar-refractivity contribution in [3.8, 4) is 0 Å². The van der Waals surface area contributed by atoms with Crippen LogP contribution in [0.1, 0.15) is 27.9 Å². The Labute approximate surface area is 143 Å². The van der Waals surface area contributed by atoms with Gasteiger partial charge >= 0.3 is 0 Å². The van der Waals surface area contributed by atoms with Gasteiger partial charge in [-0.25, -0.2) is 0 Å². The number of nitrogens with zero attached hydrogens (tertiary/aromatic N) is 2. The highest BCUT2D eigenvalue weighted by Crippen LogP contribution is 2.33. The zero-order valence-corrected chi connectivity index (χ0v) is 14.4. The van der Waals surface area contributed by atoms with Gasteiger partial charge in [-0.3, -0.25) is 4.90 Å². The normalized spacial score (nSPS) is 14.5. The summed E-state index contributed by atoms with van der Waals surface area (Å²) >= 11 is 0. The molecule has 2 aromatic carbocycles. The first-order valence-corrected chi connectivity index (χ1v) is 8.64. The molecule has 3 heteroatoms. The molecule has 4 rings (SSSR count). The van der Waals surface area contributed by atoms with E-state index in [1.807, 2.05) is 0 Å². The molecule has 0 unspecified atom stereocenters. The van der Waals surface area contributed by atoms with Crippen LogP contribution in [0.4, 0.5) is 0 Å². The number of benzene rings is 2. The molecule has 124 valence electrons. The second-order valence-electron chi connectivity index (χ2n) is 6.87. The Kier molecular flexibility index (Phi) is 3.91. The van der Waals surface area contributed by atoms with Crippen molar-refractivity contribution in [2.75, 3.05) is 6.61 Å². The van der Waals surface area contributed by atoms with Crippen molar-refractivity contribution in [3.05, 3.63) is 70.4 Å². The number of fused-ring (bicyclic) bond motifs is 2. The van der Waals surface area contributed by atoms with Gasteiger partial charge in [0.1, 0.15) is 0 Å². The highest BCUT2D eigenvalue weighted by Gasteiger charge is 2.22. The number of aromatic nitrogens is 1. The summed E-state index contributed by atoms with van der Waals surface area (Å²) in [4.78, 5) is 2.50. The van der Waals surface area contributed by atoms with E-state index in [9.17, 15) is 5.11 Å². The maximum absolute atomic E-state index is 9.39. The first-order chi connectivity index (χ1) is 11.7. The lowest BCUT2D eigenvalue weighted by molar-refractivity contribution is 0.275. The van der Waals surface area contributed by atoms with E-state index in [2.05, 4.69) is 65.9 Å². The number of aliphatic hydroxyl groups is 1.